The van der Waals surface area contributed by atoms with Gasteiger partial charge in [0.25, 0.3) is 11.8 Å². The Kier molecular flexibility index (Phi) is 7.58. The van der Waals surface area contributed by atoms with Gasteiger partial charge in [-0.2, -0.15) is 0 Å². The number of rotatable bonds is 8. The minimum Gasteiger partial charge on any atom is -0.493 e. The van der Waals surface area contributed by atoms with E-state index in [0.717, 1.165) is 24.5 Å². The quantitative estimate of drug-likeness (QED) is 0.402. The molecule has 0 aliphatic carbocycles. The van der Waals surface area contributed by atoms with E-state index < -0.39 is 5.91 Å². The summed E-state index contributed by atoms with van der Waals surface area (Å²) in [4.78, 5) is 29.8. The summed E-state index contributed by atoms with van der Waals surface area (Å²) in [5.41, 5.74) is 1.08. The number of hydrogen-bond donors (Lipinski definition) is 0. The van der Waals surface area contributed by atoms with Gasteiger partial charge >= 0.3 is 0 Å². The van der Waals surface area contributed by atoms with Crippen LogP contribution in [0, 0.1) is 0 Å². The zero-order valence-corrected chi connectivity index (χ0v) is 20.3. The fourth-order valence-corrected chi connectivity index (χ4v) is 4.35. The lowest BCUT2D eigenvalue weighted by Crippen LogP contribution is -2.29. The Morgan fingerprint density at radius 3 is 2.29 bits per heavy atom. The third kappa shape index (κ3) is 5.11. The molecule has 0 N–H and O–H groups in total. The smallest absolute Gasteiger partial charge is 0.266 e. The van der Waals surface area contributed by atoms with Gasteiger partial charge in [0.2, 0.25) is 0 Å². The van der Waals surface area contributed by atoms with Crippen LogP contribution >= 0.6 is 12.4 Å². The Hall–Kier alpha value is -3.55. The molecular weight excluding hydrogens is 468 g/mol. The number of ether oxygens (including phenoxy) is 3. The summed E-state index contributed by atoms with van der Waals surface area (Å²) in [7, 11) is 1.54. The van der Waals surface area contributed by atoms with E-state index in [4.69, 9.17) is 14.2 Å². The number of anilines is 1. The molecule has 0 bridgehead atoms. The van der Waals surface area contributed by atoms with Crippen molar-refractivity contribution in [2.75, 3.05) is 38.3 Å². The van der Waals surface area contributed by atoms with E-state index in [1.165, 1.54) is 12.8 Å². The third-order valence-electron chi connectivity index (χ3n) is 6.11. The molecule has 5 rings (SSSR count). The third-order valence-corrected chi connectivity index (χ3v) is 6.11. The summed E-state index contributed by atoms with van der Waals surface area (Å²) in [6.07, 6.45) is 2.47. The molecule has 0 atom stereocenters. The molecule has 35 heavy (non-hydrogen) atoms. The number of nitrogens with zero attached hydrogens (tertiary/aromatic N) is 2. The lowest BCUT2D eigenvalue weighted by molar-refractivity contribution is 0.0926. The van der Waals surface area contributed by atoms with E-state index in [9.17, 15) is 9.59 Å². The normalized spacial score (nSPS) is 15.1. The molecule has 3 aromatic carbocycles. The highest BCUT2D eigenvalue weighted by atomic mass is 35.5. The molecule has 2 aliphatic rings. The van der Waals surface area contributed by atoms with Crippen LogP contribution in [-0.2, 0) is 0 Å². The number of benzene rings is 3. The number of methoxy groups -OCH3 is 1. The van der Waals surface area contributed by atoms with Crippen molar-refractivity contribution in [3.8, 4) is 23.0 Å². The van der Waals surface area contributed by atoms with Crippen LogP contribution in [0.15, 0.2) is 66.7 Å². The SMILES string of the molecule is COc1cc(N2C(=O)c3ccc(Oc4ccccc4)cc3C2=O)ccc1OCCN1CCCC1.Cl. The van der Waals surface area contributed by atoms with Gasteiger partial charge in [-0.25, -0.2) is 4.90 Å². The molecule has 8 heteroatoms. The zero-order chi connectivity index (χ0) is 23.5. The van der Waals surface area contributed by atoms with Gasteiger partial charge in [-0.3, -0.25) is 14.5 Å². The number of para-hydroxylation sites is 1. The molecule has 0 saturated carbocycles. The maximum Gasteiger partial charge on any atom is 0.266 e. The van der Waals surface area contributed by atoms with Crippen molar-refractivity contribution in [1.82, 2.24) is 4.90 Å². The van der Waals surface area contributed by atoms with Crippen molar-refractivity contribution < 1.29 is 23.8 Å². The van der Waals surface area contributed by atoms with Crippen LogP contribution in [0.4, 0.5) is 5.69 Å². The maximum atomic E-state index is 13.2. The van der Waals surface area contributed by atoms with E-state index in [0.29, 0.717) is 46.4 Å². The monoisotopic (exact) mass is 494 g/mol. The molecule has 3 aromatic rings. The van der Waals surface area contributed by atoms with E-state index in [-0.39, 0.29) is 18.3 Å². The molecule has 182 valence electrons. The van der Waals surface area contributed by atoms with E-state index in [1.54, 1.807) is 43.5 Å². The molecule has 7 nitrogen and oxygen atoms in total. The lowest BCUT2D eigenvalue weighted by atomic mass is 10.1. The fraction of sp³-hybridized carbons (Fsp3) is 0.259. The Labute approximate surface area is 210 Å². The first-order valence-electron chi connectivity index (χ1n) is 11.4. The van der Waals surface area contributed by atoms with Crippen LogP contribution in [-0.4, -0.2) is 50.1 Å². The van der Waals surface area contributed by atoms with Gasteiger partial charge in [-0.05, 0) is 68.4 Å². The highest BCUT2D eigenvalue weighted by Crippen LogP contribution is 2.36. The molecular formula is C27H27ClN2O5. The molecule has 1 saturated heterocycles. The largest absolute Gasteiger partial charge is 0.493 e. The zero-order valence-electron chi connectivity index (χ0n) is 19.4. The number of fused-ring (bicyclic) bond motifs is 1. The Bertz CT molecular complexity index is 1210. The first kappa shape index (κ1) is 24.6. The molecule has 2 aliphatic heterocycles. The van der Waals surface area contributed by atoms with Crippen LogP contribution < -0.4 is 19.1 Å². The molecule has 2 heterocycles. The Balaban J connectivity index is 0.00000289. The van der Waals surface area contributed by atoms with Crippen molar-refractivity contribution in [2.24, 2.45) is 0 Å². The average molecular weight is 495 g/mol. The summed E-state index contributed by atoms with van der Waals surface area (Å²) in [6.45, 7) is 3.62. The minimum absolute atomic E-state index is 0. The maximum absolute atomic E-state index is 13.2. The van der Waals surface area contributed by atoms with Crippen molar-refractivity contribution >= 4 is 29.9 Å². The molecule has 0 radical (unpaired) electrons. The number of halogens is 1. The second-order valence-electron chi connectivity index (χ2n) is 8.30. The summed E-state index contributed by atoms with van der Waals surface area (Å²) < 4.78 is 17.2. The van der Waals surface area contributed by atoms with Crippen LogP contribution in [0.25, 0.3) is 0 Å². The van der Waals surface area contributed by atoms with E-state index in [2.05, 4.69) is 4.90 Å². The molecule has 0 unspecified atom stereocenters. The fourth-order valence-electron chi connectivity index (χ4n) is 4.35. The van der Waals surface area contributed by atoms with Crippen molar-refractivity contribution in [1.29, 1.82) is 0 Å². The number of amides is 2. The topological polar surface area (TPSA) is 68.3 Å². The second-order valence-corrected chi connectivity index (χ2v) is 8.30. The number of hydrogen-bond acceptors (Lipinski definition) is 6. The van der Waals surface area contributed by atoms with Crippen molar-refractivity contribution in [2.45, 2.75) is 12.8 Å². The van der Waals surface area contributed by atoms with Crippen molar-refractivity contribution in [3.05, 3.63) is 77.9 Å². The van der Waals surface area contributed by atoms with E-state index >= 15 is 0 Å². The predicted octanol–water partition coefficient (Wildman–Crippen LogP) is 5.18. The summed E-state index contributed by atoms with van der Waals surface area (Å²) in [5.74, 6) is 1.43. The first-order valence-corrected chi connectivity index (χ1v) is 11.4. The second kappa shape index (κ2) is 10.8. The van der Waals surface area contributed by atoms with Gasteiger partial charge in [0.15, 0.2) is 11.5 Å². The van der Waals surface area contributed by atoms with Crippen LogP contribution in [0.3, 0.4) is 0 Å². The Morgan fingerprint density at radius 2 is 1.54 bits per heavy atom. The molecule has 0 spiro atoms. The molecule has 2 amide bonds. The highest BCUT2D eigenvalue weighted by Gasteiger charge is 2.37. The number of carbonyl (C=O) groups excluding carboxylic acids is 2. The van der Waals surface area contributed by atoms with Crippen LogP contribution in [0.5, 0.6) is 23.0 Å². The average Bonchev–Trinajstić information content (AvgIpc) is 3.46. The Morgan fingerprint density at radius 1 is 0.800 bits per heavy atom. The number of carbonyl (C=O) groups is 2. The van der Waals surface area contributed by atoms with Crippen molar-refractivity contribution in [3.63, 3.8) is 0 Å². The summed E-state index contributed by atoms with van der Waals surface area (Å²) in [5, 5.41) is 0. The number of imide groups is 1. The molecule has 0 aromatic heterocycles. The van der Waals surface area contributed by atoms with Crippen LogP contribution in [0.1, 0.15) is 33.6 Å². The van der Waals surface area contributed by atoms with Gasteiger partial charge < -0.3 is 14.2 Å². The van der Waals surface area contributed by atoms with Gasteiger partial charge in [-0.1, -0.05) is 18.2 Å². The predicted molar refractivity (Wildman–Crippen MR) is 136 cm³/mol. The van der Waals surface area contributed by atoms with Gasteiger partial charge in [0, 0.05) is 12.6 Å². The van der Waals surface area contributed by atoms with Gasteiger partial charge in [0.05, 0.1) is 23.9 Å². The van der Waals surface area contributed by atoms with Crippen LogP contribution in [0.2, 0.25) is 0 Å². The summed E-state index contributed by atoms with van der Waals surface area (Å²) >= 11 is 0. The van der Waals surface area contributed by atoms with Gasteiger partial charge in [0.1, 0.15) is 18.1 Å². The van der Waals surface area contributed by atoms with E-state index in [1.807, 2.05) is 30.3 Å². The molecule has 1 fully saturated rings. The van der Waals surface area contributed by atoms with Gasteiger partial charge in [-0.15, -0.1) is 12.4 Å². The highest BCUT2D eigenvalue weighted by molar-refractivity contribution is 6.34. The lowest BCUT2D eigenvalue weighted by Gasteiger charge is -2.18. The summed E-state index contributed by atoms with van der Waals surface area (Å²) in [6, 6.07) is 19.3. The standard InChI is InChI=1S/C27H26N2O5.ClH/c1-32-25-17-19(9-12-24(25)33-16-15-28-13-5-6-14-28)29-26(30)22-11-10-21(18-23(22)27(29)31)34-20-7-3-2-4-8-20;/h2-4,7-12,17-18H,5-6,13-16H2,1H3;1H. The minimum atomic E-state index is -0.400. The first-order chi connectivity index (χ1) is 16.6. The number of likely N-dealkylation sites (tertiary alicyclic amines) is 1.